The molecule has 19 heavy (non-hydrogen) atoms. The van der Waals surface area contributed by atoms with Crippen molar-refractivity contribution in [1.29, 1.82) is 0 Å². The monoisotopic (exact) mass is 401 g/mol. The first kappa shape index (κ1) is 14.6. The van der Waals surface area contributed by atoms with Crippen LogP contribution in [0.15, 0.2) is 22.7 Å². The molecule has 1 aromatic carbocycles. The van der Waals surface area contributed by atoms with Gasteiger partial charge in [0.15, 0.2) is 5.75 Å². The van der Waals surface area contributed by atoms with Gasteiger partial charge in [-0.05, 0) is 24.6 Å². The molecule has 0 bridgehead atoms. The van der Waals surface area contributed by atoms with Gasteiger partial charge >= 0.3 is 6.36 Å². The highest BCUT2D eigenvalue weighted by Gasteiger charge is 2.36. The standard InChI is InChI=1S/C11H8Br2F3NO2/c12-6-1-2-8(9(5-6)19-11(14,15)16)17-4-3-7(13)10(17)18/h1-2,5,7H,3-4H2. The van der Waals surface area contributed by atoms with Crippen LogP contribution in [0.1, 0.15) is 6.42 Å². The van der Waals surface area contributed by atoms with E-state index in [1.165, 1.54) is 17.0 Å². The predicted molar refractivity (Wildman–Crippen MR) is 70.5 cm³/mol. The fraction of sp³-hybridized carbons (Fsp3) is 0.364. The van der Waals surface area contributed by atoms with E-state index >= 15 is 0 Å². The Kier molecular flexibility index (Phi) is 4.10. The Bertz CT molecular complexity index is 507. The largest absolute Gasteiger partial charge is 0.573 e. The summed E-state index contributed by atoms with van der Waals surface area (Å²) in [6.07, 6.45) is -4.26. The SMILES string of the molecule is O=C1C(Br)CCN1c1ccc(Br)cc1OC(F)(F)F. The van der Waals surface area contributed by atoms with Crippen LogP contribution in [0.5, 0.6) is 5.75 Å². The number of hydrogen-bond donors (Lipinski definition) is 0. The topological polar surface area (TPSA) is 29.5 Å². The summed E-state index contributed by atoms with van der Waals surface area (Å²) in [4.78, 5) is 12.8. The molecule has 1 unspecified atom stereocenters. The van der Waals surface area contributed by atoms with E-state index in [0.29, 0.717) is 17.4 Å². The fourth-order valence-electron chi connectivity index (χ4n) is 1.80. The summed E-state index contributed by atoms with van der Waals surface area (Å²) in [7, 11) is 0. The molecular weight excluding hydrogens is 395 g/mol. The van der Waals surface area contributed by atoms with Gasteiger partial charge in [-0.15, -0.1) is 13.2 Å². The molecule has 104 valence electrons. The van der Waals surface area contributed by atoms with E-state index in [2.05, 4.69) is 36.6 Å². The van der Waals surface area contributed by atoms with Crippen molar-refractivity contribution in [1.82, 2.24) is 0 Å². The molecule has 1 aliphatic heterocycles. The molecule has 0 radical (unpaired) electrons. The van der Waals surface area contributed by atoms with Crippen molar-refractivity contribution in [2.45, 2.75) is 17.6 Å². The summed E-state index contributed by atoms with van der Waals surface area (Å²) in [5.74, 6) is -0.661. The van der Waals surface area contributed by atoms with Gasteiger partial charge in [-0.1, -0.05) is 31.9 Å². The summed E-state index contributed by atoms with van der Waals surface area (Å²) in [5.41, 5.74) is 0.118. The van der Waals surface area contributed by atoms with Crippen LogP contribution in [-0.2, 0) is 4.79 Å². The molecule has 0 aliphatic carbocycles. The molecule has 2 rings (SSSR count). The lowest BCUT2D eigenvalue weighted by atomic mass is 10.2. The Morgan fingerprint density at radius 3 is 2.58 bits per heavy atom. The maximum absolute atomic E-state index is 12.4. The predicted octanol–water partition coefficient (Wildman–Crippen LogP) is 3.85. The third-order valence-electron chi connectivity index (χ3n) is 2.58. The van der Waals surface area contributed by atoms with E-state index in [1.54, 1.807) is 6.07 Å². The second kappa shape index (κ2) is 5.32. The Morgan fingerprint density at radius 2 is 2.05 bits per heavy atom. The molecule has 8 heteroatoms. The third kappa shape index (κ3) is 3.42. The minimum absolute atomic E-state index is 0.118. The van der Waals surface area contributed by atoms with E-state index in [1.807, 2.05) is 0 Å². The summed E-state index contributed by atoms with van der Waals surface area (Å²) in [6.45, 7) is 0.352. The van der Waals surface area contributed by atoms with Crippen molar-refractivity contribution in [3.8, 4) is 5.75 Å². The fourth-order valence-corrected chi connectivity index (χ4v) is 2.59. The maximum Gasteiger partial charge on any atom is 0.573 e. The van der Waals surface area contributed by atoms with Crippen LogP contribution >= 0.6 is 31.9 Å². The van der Waals surface area contributed by atoms with Crippen molar-refractivity contribution in [3.63, 3.8) is 0 Å². The summed E-state index contributed by atoms with van der Waals surface area (Å²) in [5, 5.41) is 0. The van der Waals surface area contributed by atoms with Gasteiger partial charge in [-0.25, -0.2) is 0 Å². The zero-order valence-electron chi connectivity index (χ0n) is 9.38. The molecule has 1 atom stereocenters. The van der Waals surface area contributed by atoms with Crippen molar-refractivity contribution < 1.29 is 22.7 Å². The van der Waals surface area contributed by atoms with Crippen molar-refractivity contribution in [2.24, 2.45) is 0 Å². The number of benzene rings is 1. The van der Waals surface area contributed by atoms with Crippen LogP contribution < -0.4 is 9.64 Å². The van der Waals surface area contributed by atoms with Gasteiger partial charge in [-0.3, -0.25) is 4.79 Å². The lowest BCUT2D eigenvalue weighted by Crippen LogP contribution is -2.28. The first-order valence-corrected chi connectivity index (χ1v) is 6.99. The number of amides is 1. The van der Waals surface area contributed by atoms with Gasteiger partial charge in [0.1, 0.15) is 0 Å². The number of halogens is 5. The van der Waals surface area contributed by atoms with Gasteiger partial charge in [-0.2, -0.15) is 0 Å². The van der Waals surface area contributed by atoms with E-state index in [4.69, 9.17) is 0 Å². The van der Waals surface area contributed by atoms with E-state index in [0.717, 1.165) is 0 Å². The number of carbonyl (C=O) groups is 1. The smallest absolute Gasteiger partial charge is 0.404 e. The Labute approximate surface area is 124 Å². The number of alkyl halides is 4. The minimum atomic E-state index is -4.80. The molecule has 1 aromatic rings. The van der Waals surface area contributed by atoms with Gasteiger partial charge in [0, 0.05) is 11.0 Å². The number of carbonyl (C=O) groups excluding carboxylic acids is 1. The molecule has 1 saturated heterocycles. The summed E-state index contributed by atoms with van der Waals surface area (Å²) in [6, 6.07) is 4.18. The molecule has 0 aromatic heterocycles. The number of nitrogens with zero attached hydrogens (tertiary/aromatic N) is 1. The van der Waals surface area contributed by atoms with E-state index < -0.39 is 12.1 Å². The van der Waals surface area contributed by atoms with Crippen LogP contribution in [0, 0.1) is 0 Å². The second-order valence-electron chi connectivity index (χ2n) is 3.91. The first-order chi connectivity index (χ1) is 8.78. The van der Waals surface area contributed by atoms with Crippen molar-refractivity contribution in [2.75, 3.05) is 11.4 Å². The van der Waals surface area contributed by atoms with Crippen LogP contribution in [-0.4, -0.2) is 23.6 Å². The highest BCUT2D eigenvalue weighted by Crippen LogP contribution is 2.37. The molecule has 0 N–H and O–H groups in total. The zero-order chi connectivity index (χ0) is 14.2. The zero-order valence-corrected chi connectivity index (χ0v) is 12.5. The summed E-state index contributed by atoms with van der Waals surface area (Å²) >= 11 is 6.26. The van der Waals surface area contributed by atoms with E-state index in [-0.39, 0.29) is 16.4 Å². The number of anilines is 1. The molecule has 3 nitrogen and oxygen atoms in total. The normalized spacial score (nSPS) is 19.9. The van der Waals surface area contributed by atoms with Crippen LogP contribution in [0.2, 0.25) is 0 Å². The second-order valence-corrected chi connectivity index (χ2v) is 5.93. The first-order valence-electron chi connectivity index (χ1n) is 5.28. The van der Waals surface area contributed by atoms with E-state index in [9.17, 15) is 18.0 Å². The van der Waals surface area contributed by atoms with Crippen LogP contribution in [0.25, 0.3) is 0 Å². The molecule has 1 heterocycles. The maximum atomic E-state index is 12.4. The average molecular weight is 403 g/mol. The van der Waals surface area contributed by atoms with Crippen molar-refractivity contribution >= 4 is 43.5 Å². The molecule has 0 spiro atoms. The van der Waals surface area contributed by atoms with Gasteiger partial charge in [0.2, 0.25) is 5.91 Å². The highest BCUT2D eigenvalue weighted by molar-refractivity contribution is 9.10. The van der Waals surface area contributed by atoms with Crippen LogP contribution in [0.4, 0.5) is 18.9 Å². The Morgan fingerprint density at radius 1 is 1.37 bits per heavy atom. The van der Waals surface area contributed by atoms with Crippen molar-refractivity contribution in [3.05, 3.63) is 22.7 Å². The molecular formula is C11H8Br2F3NO2. The minimum Gasteiger partial charge on any atom is -0.404 e. The molecule has 1 fully saturated rings. The van der Waals surface area contributed by atoms with Gasteiger partial charge in [0.25, 0.3) is 0 Å². The number of ether oxygens (including phenoxy) is 1. The van der Waals surface area contributed by atoms with Crippen LogP contribution in [0.3, 0.4) is 0 Å². The number of hydrogen-bond acceptors (Lipinski definition) is 2. The third-order valence-corrected chi connectivity index (χ3v) is 3.92. The highest BCUT2D eigenvalue weighted by atomic mass is 79.9. The quantitative estimate of drug-likeness (QED) is 0.703. The van der Waals surface area contributed by atoms with Gasteiger partial charge < -0.3 is 9.64 Å². The number of rotatable bonds is 2. The Hall–Kier alpha value is -0.760. The van der Waals surface area contributed by atoms with Gasteiger partial charge in [0.05, 0.1) is 10.5 Å². The Balaban J connectivity index is 2.37. The molecule has 1 amide bonds. The molecule has 0 saturated carbocycles. The lowest BCUT2D eigenvalue weighted by molar-refractivity contribution is -0.274. The lowest BCUT2D eigenvalue weighted by Gasteiger charge is -2.20. The molecule has 1 aliphatic rings. The average Bonchev–Trinajstić information content (AvgIpc) is 2.58. The summed E-state index contributed by atoms with van der Waals surface area (Å²) < 4.78 is 41.5.